The van der Waals surface area contributed by atoms with Gasteiger partial charge in [-0.25, -0.2) is 0 Å². The molecular weight excluding hydrogens is 254 g/mol. The first kappa shape index (κ1) is 13.3. The Morgan fingerprint density at radius 2 is 2.47 bits per heavy atom. The molecule has 1 saturated carbocycles. The normalized spacial score (nSPS) is 29.5. The number of aliphatic hydroxyl groups excluding tert-OH is 1. The average molecular weight is 274 g/mol. The van der Waals surface area contributed by atoms with E-state index in [0.29, 0.717) is 5.92 Å². The zero-order valence-electron chi connectivity index (χ0n) is 10.2. The van der Waals surface area contributed by atoms with E-state index in [4.69, 9.17) is 11.6 Å². The van der Waals surface area contributed by atoms with Gasteiger partial charge in [0.1, 0.15) is 0 Å². The summed E-state index contributed by atoms with van der Waals surface area (Å²) in [6.45, 7) is 3.31. The zero-order chi connectivity index (χ0) is 12.3. The SMILES string of the molecule is CC1CCCC(CO)(NCc2cc(Cl)cs2)C1. The molecule has 0 amide bonds. The number of halogens is 1. The average Bonchev–Trinajstić information content (AvgIpc) is 2.73. The number of nitrogens with one attached hydrogen (secondary N) is 1. The third-order valence-electron chi connectivity index (χ3n) is 3.65. The molecular formula is C13H20ClNOS. The maximum absolute atomic E-state index is 9.66. The summed E-state index contributed by atoms with van der Waals surface area (Å²) in [7, 11) is 0. The van der Waals surface area contributed by atoms with Crippen molar-refractivity contribution in [3.63, 3.8) is 0 Å². The minimum Gasteiger partial charge on any atom is -0.394 e. The molecule has 0 aliphatic heterocycles. The van der Waals surface area contributed by atoms with Gasteiger partial charge in [0, 0.05) is 22.3 Å². The van der Waals surface area contributed by atoms with Crippen molar-refractivity contribution in [1.29, 1.82) is 0 Å². The van der Waals surface area contributed by atoms with E-state index in [9.17, 15) is 5.11 Å². The van der Waals surface area contributed by atoms with Gasteiger partial charge in [0.05, 0.1) is 11.6 Å². The molecule has 1 aliphatic rings. The van der Waals surface area contributed by atoms with Gasteiger partial charge in [-0.05, 0) is 24.8 Å². The molecule has 2 atom stereocenters. The zero-order valence-corrected chi connectivity index (χ0v) is 11.8. The Morgan fingerprint density at radius 1 is 1.65 bits per heavy atom. The molecule has 1 heterocycles. The van der Waals surface area contributed by atoms with Crippen molar-refractivity contribution >= 4 is 22.9 Å². The number of hydrogen-bond donors (Lipinski definition) is 2. The molecule has 2 N–H and O–H groups in total. The van der Waals surface area contributed by atoms with Crippen molar-refractivity contribution in [2.45, 2.75) is 44.7 Å². The lowest BCUT2D eigenvalue weighted by Gasteiger charge is -2.39. The number of rotatable bonds is 4. The van der Waals surface area contributed by atoms with E-state index < -0.39 is 0 Å². The molecule has 1 aliphatic carbocycles. The van der Waals surface area contributed by atoms with Crippen LogP contribution in [0.25, 0.3) is 0 Å². The highest BCUT2D eigenvalue weighted by Gasteiger charge is 2.33. The molecule has 2 nitrogen and oxygen atoms in total. The van der Waals surface area contributed by atoms with Crippen molar-refractivity contribution in [3.05, 3.63) is 21.3 Å². The fraction of sp³-hybridized carbons (Fsp3) is 0.692. The summed E-state index contributed by atoms with van der Waals surface area (Å²) >= 11 is 7.58. The maximum atomic E-state index is 9.66. The quantitative estimate of drug-likeness (QED) is 0.881. The van der Waals surface area contributed by atoms with Gasteiger partial charge in [-0.1, -0.05) is 31.4 Å². The lowest BCUT2D eigenvalue weighted by atomic mass is 9.77. The van der Waals surface area contributed by atoms with Crippen LogP contribution in [0.5, 0.6) is 0 Å². The van der Waals surface area contributed by atoms with Gasteiger partial charge in [0.25, 0.3) is 0 Å². The van der Waals surface area contributed by atoms with Crippen molar-refractivity contribution in [1.82, 2.24) is 5.32 Å². The molecule has 1 aromatic heterocycles. The van der Waals surface area contributed by atoms with Gasteiger partial charge in [-0.15, -0.1) is 11.3 Å². The van der Waals surface area contributed by atoms with E-state index in [2.05, 4.69) is 12.2 Å². The lowest BCUT2D eigenvalue weighted by Crippen LogP contribution is -2.50. The third-order valence-corrected chi connectivity index (χ3v) is 4.94. The molecule has 0 spiro atoms. The standard InChI is InChI=1S/C13H20ClNOS/c1-10-3-2-4-13(6-10,9-16)15-7-12-5-11(14)8-17-12/h5,8,10,15-16H,2-4,6-7,9H2,1H3. The summed E-state index contributed by atoms with van der Waals surface area (Å²) in [5.74, 6) is 0.704. The van der Waals surface area contributed by atoms with Gasteiger partial charge < -0.3 is 10.4 Å². The molecule has 17 heavy (non-hydrogen) atoms. The summed E-state index contributed by atoms with van der Waals surface area (Å²) in [5, 5.41) is 16.0. The van der Waals surface area contributed by atoms with Crippen LogP contribution >= 0.6 is 22.9 Å². The van der Waals surface area contributed by atoms with E-state index in [1.54, 1.807) is 11.3 Å². The van der Waals surface area contributed by atoms with E-state index >= 15 is 0 Å². The van der Waals surface area contributed by atoms with E-state index in [-0.39, 0.29) is 12.1 Å². The van der Waals surface area contributed by atoms with Gasteiger partial charge in [-0.2, -0.15) is 0 Å². The molecule has 4 heteroatoms. The first-order valence-electron chi connectivity index (χ1n) is 6.22. The summed E-state index contributed by atoms with van der Waals surface area (Å²) in [6, 6.07) is 2.00. The second kappa shape index (κ2) is 5.70. The fourth-order valence-corrected chi connectivity index (χ4v) is 3.75. The Kier molecular flexibility index (Phi) is 4.47. The Balaban J connectivity index is 1.94. The highest BCUT2D eigenvalue weighted by atomic mass is 35.5. The summed E-state index contributed by atoms with van der Waals surface area (Å²) in [4.78, 5) is 1.24. The van der Waals surface area contributed by atoms with Crippen LogP contribution in [-0.2, 0) is 6.54 Å². The topological polar surface area (TPSA) is 32.3 Å². The second-order valence-corrected chi connectivity index (χ2v) is 6.66. The molecule has 0 bridgehead atoms. The van der Waals surface area contributed by atoms with Crippen LogP contribution in [0.4, 0.5) is 0 Å². The minimum atomic E-state index is -0.0753. The number of aliphatic hydroxyl groups is 1. The predicted molar refractivity (Wildman–Crippen MR) is 73.6 cm³/mol. The second-order valence-electron chi connectivity index (χ2n) is 5.22. The van der Waals surface area contributed by atoms with E-state index in [0.717, 1.165) is 24.4 Å². The molecule has 0 aromatic carbocycles. The molecule has 0 radical (unpaired) electrons. The van der Waals surface area contributed by atoms with Crippen LogP contribution in [0, 0.1) is 5.92 Å². The van der Waals surface area contributed by atoms with Crippen LogP contribution < -0.4 is 5.32 Å². The van der Waals surface area contributed by atoms with E-state index in [1.165, 1.54) is 17.7 Å². The number of thiophene rings is 1. The van der Waals surface area contributed by atoms with Gasteiger partial charge in [0.2, 0.25) is 0 Å². The summed E-state index contributed by atoms with van der Waals surface area (Å²) in [5.41, 5.74) is -0.0753. The van der Waals surface area contributed by atoms with Crippen LogP contribution in [-0.4, -0.2) is 17.3 Å². The van der Waals surface area contributed by atoms with Gasteiger partial charge in [0.15, 0.2) is 0 Å². The van der Waals surface area contributed by atoms with Crippen molar-refractivity contribution in [2.75, 3.05) is 6.61 Å². The highest BCUT2D eigenvalue weighted by Crippen LogP contribution is 2.32. The fourth-order valence-electron chi connectivity index (χ4n) is 2.74. The Hall–Kier alpha value is -0.0900. The number of hydrogen-bond acceptors (Lipinski definition) is 3. The summed E-state index contributed by atoms with van der Waals surface area (Å²) in [6.07, 6.45) is 4.64. The molecule has 96 valence electrons. The molecule has 1 aromatic rings. The van der Waals surface area contributed by atoms with Crippen molar-refractivity contribution < 1.29 is 5.11 Å². The molecule has 2 rings (SSSR count). The Labute approximate surface area is 112 Å². The monoisotopic (exact) mass is 273 g/mol. The maximum Gasteiger partial charge on any atom is 0.0613 e. The van der Waals surface area contributed by atoms with Crippen LogP contribution in [0.1, 0.15) is 37.5 Å². The lowest BCUT2D eigenvalue weighted by molar-refractivity contribution is 0.0985. The van der Waals surface area contributed by atoms with Crippen molar-refractivity contribution in [2.24, 2.45) is 5.92 Å². The van der Waals surface area contributed by atoms with Gasteiger partial charge in [-0.3, -0.25) is 0 Å². The molecule has 0 saturated heterocycles. The minimum absolute atomic E-state index is 0.0753. The molecule has 1 fully saturated rings. The van der Waals surface area contributed by atoms with Crippen molar-refractivity contribution in [3.8, 4) is 0 Å². The third kappa shape index (κ3) is 3.44. The van der Waals surface area contributed by atoms with Gasteiger partial charge >= 0.3 is 0 Å². The molecule has 2 unspecified atom stereocenters. The van der Waals surface area contributed by atoms with Crippen LogP contribution in [0.15, 0.2) is 11.4 Å². The summed E-state index contributed by atoms with van der Waals surface area (Å²) < 4.78 is 0. The Bertz CT molecular complexity index is 368. The van der Waals surface area contributed by atoms with Crippen LogP contribution in [0.3, 0.4) is 0 Å². The smallest absolute Gasteiger partial charge is 0.0613 e. The van der Waals surface area contributed by atoms with E-state index in [1.807, 2.05) is 11.4 Å². The highest BCUT2D eigenvalue weighted by molar-refractivity contribution is 7.10. The largest absolute Gasteiger partial charge is 0.394 e. The Morgan fingerprint density at radius 3 is 3.06 bits per heavy atom. The van der Waals surface area contributed by atoms with Crippen LogP contribution in [0.2, 0.25) is 5.02 Å². The first-order valence-corrected chi connectivity index (χ1v) is 7.48. The first-order chi connectivity index (χ1) is 8.13. The predicted octanol–water partition coefficient (Wildman–Crippen LogP) is 3.43.